The number of rotatable bonds is 2. The van der Waals surface area contributed by atoms with Crippen LogP contribution in [0, 0.1) is 0 Å². The van der Waals surface area contributed by atoms with Crippen molar-refractivity contribution in [3.05, 3.63) is 42.9 Å². The van der Waals surface area contributed by atoms with E-state index in [1.807, 2.05) is 45.7 Å². The van der Waals surface area contributed by atoms with Crippen LogP contribution in [0.15, 0.2) is 48.0 Å². The molecule has 0 spiro atoms. The van der Waals surface area contributed by atoms with E-state index >= 15 is 0 Å². The minimum absolute atomic E-state index is 0.779. The SMILES string of the molecule is CSc1nnc2c3cnn(-c4ccccc4)c3ncn12. The van der Waals surface area contributed by atoms with Crippen molar-refractivity contribution in [3.8, 4) is 5.69 Å². The molecule has 0 bridgehead atoms. The number of nitrogens with zero attached hydrogens (tertiary/aromatic N) is 6. The molecule has 3 heterocycles. The lowest BCUT2D eigenvalue weighted by molar-refractivity contribution is 0.880. The van der Waals surface area contributed by atoms with Crippen LogP contribution >= 0.6 is 11.8 Å². The fraction of sp³-hybridized carbons (Fsp3) is 0.0769. The summed E-state index contributed by atoms with van der Waals surface area (Å²) < 4.78 is 3.69. The Kier molecular flexibility index (Phi) is 2.46. The van der Waals surface area contributed by atoms with Gasteiger partial charge in [-0.25, -0.2) is 9.67 Å². The average Bonchev–Trinajstić information content (AvgIpc) is 3.11. The highest BCUT2D eigenvalue weighted by molar-refractivity contribution is 7.98. The summed E-state index contributed by atoms with van der Waals surface area (Å²) in [7, 11) is 0. The average molecular weight is 282 g/mol. The van der Waals surface area contributed by atoms with Crippen molar-refractivity contribution in [2.24, 2.45) is 0 Å². The Morgan fingerprint density at radius 3 is 2.70 bits per heavy atom. The third-order valence-electron chi connectivity index (χ3n) is 3.13. The van der Waals surface area contributed by atoms with Gasteiger partial charge in [0.25, 0.3) is 0 Å². The van der Waals surface area contributed by atoms with E-state index in [1.54, 1.807) is 12.5 Å². The first kappa shape index (κ1) is 11.4. The summed E-state index contributed by atoms with van der Waals surface area (Å²) in [5, 5.41) is 14.5. The Hall–Kier alpha value is -2.41. The summed E-state index contributed by atoms with van der Waals surface area (Å²) in [6.07, 6.45) is 5.49. The van der Waals surface area contributed by atoms with Gasteiger partial charge in [-0.1, -0.05) is 30.0 Å². The van der Waals surface area contributed by atoms with Crippen molar-refractivity contribution in [1.29, 1.82) is 0 Å². The van der Waals surface area contributed by atoms with E-state index in [1.165, 1.54) is 11.8 Å². The molecular weight excluding hydrogens is 272 g/mol. The molecule has 98 valence electrons. The molecule has 0 radical (unpaired) electrons. The third-order valence-corrected chi connectivity index (χ3v) is 3.77. The Bertz CT molecular complexity index is 895. The summed E-state index contributed by atoms with van der Waals surface area (Å²) in [6, 6.07) is 9.92. The van der Waals surface area contributed by atoms with Crippen molar-refractivity contribution in [1.82, 2.24) is 29.4 Å². The highest BCUT2D eigenvalue weighted by Gasteiger charge is 2.13. The number of hydrogen-bond donors (Lipinski definition) is 0. The number of aromatic nitrogens is 6. The zero-order chi connectivity index (χ0) is 13.5. The van der Waals surface area contributed by atoms with E-state index in [-0.39, 0.29) is 0 Å². The second-order valence-corrected chi connectivity index (χ2v) is 5.03. The molecular formula is C13H10N6S. The third kappa shape index (κ3) is 1.53. The summed E-state index contributed by atoms with van der Waals surface area (Å²) in [4.78, 5) is 4.50. The van der Waals surface area contributed by atoms with Crippen molar-refractivity contribution in [2.75, 3.05) is 6.26 Å². The fourth-order valence-corrected chi connectivity index (χ4v) is 2.65. The molecule has 20 heavy (non-hydrogen) atoms. The van der Waals surface area contributed by atoms with Crippen LogP contribution in [0.3, 0.4) is 0 Å². The van der Waals surface area contributed by atoms with Crippen LogP contribution in [0.4, 0.5) is 0 Å². The second kappa shape index (κ2) is 4.31. The predicted octanol–water partition coefficient (Wildman–Crippen LogP) is 2.19. The monoisotopic (exact) mass is 282 g/mol. The van der Waals surface area contributed by atoms with Gasteiger partial charge in [-0.2, -0.15) is 5.10 Å². The summed E-state index contributed by atoms with van der Waals surface area (Å²) in [6.45, 7) is 0. The standard InChI is InChI=1S/C13H10N6S/c1-20-13-17-16-12-10-7-15-19(9-5-3-2-4-6-9)11(10)14-8-18(12)13/h2-8H,1H3. The first-order valence-corrected chi connectivity index (χ1v) is 7.28. The van der Waals surface area contributed by atoms with Gasteiger partial charge in [0.2, 0.25) is 0 Å². The van der Waals surface area contributed by atoms with Gasteiger partial charge in [0.15, 0.2) is 16.5 Å². The van der Waals surface area contributed by atoms with Gasteiger partial charge in [0, 0.05) is 0 Å². The largest absolute Gasteiger partial charge is 0.260 e. The zero-order valence-electron chi connectivity index (χ0n) is 10.6. The maximum Gasteiger partial charge on any atom is 0.196 e. The first-order valence-electron chi connectivity index (χ1n) is 6.05. The maximum absolute atomic E-state index is 4.50. The topological polar surface area (TPSA) is 60.9 Å². The van der Waals surface area contributed by atoms with Crippen LogP contribution in [-0.2, 0) is 0 Å². The van der Waals surface area contributed by atoms with Crippen LogP contribution in [0.2, 0.25) is 0 Å². The van der Waals surface area contributed by atoms with E-state index in [2.05, 4.69) is 20.3 Å². The summed E-state index contributed by atoms with van der Waals surface area (Å²) in [5.41, 5.74) is 2.54. The fourth-order valence-electron chi connectivity index (χ4n) is 2.20. The molecule has 0 aliphatic heterocycles. The molecule has 3 aromatic heterocycles. The molecule has 4 aromatic rings. The van der Waals surface area contributed by atoms with Gasteiger partial charge in [-0.3, -0.25) is 4.40 Å². The van der Waals surface area contributed by atoms with Crippen molar-refractivity contribution in [3.63, 3.8) is 0 Å². The number of benzene rings is 1. The van der Waals surface area contributed by atoms with Gasteiger partial charge in [-0.15, -0.1) is 10.2 Å². The number of hydrogen-bond acceptors (Lipinski definition) is 5. The lowest BCUT2D eigenvalue weighted by Crippen LogP contribution is -1.98. The molecule has 7 heteroatoms. The lowest BCUT2D eigenvalue weighted by atomic mass is 10.3. The molecule has 0 aliphatic rings. The first-order chi connectivity index (χ1) is 9.88. The minimum Gasteiger partial charge on any atom is -0.260 e. The Balaban J connectivity index is 2.03. The zero-order valence-corrected chi connectivity index (χ0v) is 11.4. The molecule has 0 amide bonds. The van der Waals surface area contributed by atoms with E-state index < -0.39 is 0 Å². The van der Waals surface area contributed by atoms with Crippen molar-refractivity contribution < 1.29 is 0 Å². The van der Waals surface area contributed by atoms with Gasteiger partial charge < -0.3 is 0 Å². The minimum atomic E-state index is 0.779. The van der Waals surface area contributed by atoms with Crippen molar-refractivity contribution in [2.45, 2.75) is 5.16 Å². The molecule has 0 saturated carbocycles. The molecule has 1 aromatic carbocycles. The number of fused-ring (bicyclic) bond motifs is 3. The van der Waals surface area contributed by atoms with Gasteiger partial charge in [0.05, 0.1) is 17.3 Å². The van der Waals surface area contributed by atoms with Crippen LogP contribution < -0.4 is 0 Å². The van der Waals surface area contributed by atoms with Crippen molar-refractivity contribution >= 4 is 28.4 Å². The van der Waals surface area contributed by atoms with E-state index in [0.717, 1.165) is 27.5 Å². The van der Waals surface area contributed by atoms with Crippen LogP contribution in [-0.4, -0.2) is 35.6 Å². The molecule has 0 fully saturated rings. The quantitative estimate of drug-likeness (QED) is 0.527. The summed E-state index contributed by atoms with van der Waals surface area (Å²) in [5.74, 6) is 0. The number of thioether (sulfide) groups is 1. The smallest absolute Gasteiger partial charge is 0.196 e. The molecule has 0 unspecified atom stereocenters. The molecule has 0 N–H and O–H groups in total. The van der Waals surface area contributed by atoms with Gasteiger partial charge in [-0.05, 0) is 18.4 Å². The maximum atomic E-state index is 4.50. The highest BCUT2D eigenvalue weighted by atomic mass is 32.2. The van der Waals surface area contributed by atoms with Gasteiger partial charge in [0.1, 0.15) is 6.33 Å². The highest BCUT2D eigenvalue weighted by Crippen LogP contribution is 2.22. The van der Waals surface area contributed by atoms with E-state index in [0.29, 0.717) is 0 Å². The molecule has 0 aliphatic carbocycles. The molecule has 4 rings (SSSR count). The van der Waals surface area contributed by atoms with Crippen LogP contribution in [0.25, 0.3) is 22.4 Å². The molecule has 6 nitrogen and oxygen atoms in total. The van der Waals surface area contributed by atoms with E-state index in [9.17, 15) is 0 Å². The van der Waals surface area contributed by atoms with Gasteiger partial charge >= 0.3 is 0 Å². The Morgan fingerprint density at radius 2 is 1.90 bits per heavy atom. The summed E-state index contributed by atoms with van der Waals surface area (Å²) >= 11 is 1.54. The Labute approximate surface area is 118 Å². The second-order valence-electron chi connectivity index (χ2n) is 4.25. The normalized spacial score (nSPS) is 11.4. The van der Waals surface area contributed by atoms with Crippen LogP contribution in [0.1, 0.15) is 0 Å². The molecule has 0 atom stereocenters. The molecule has 0 saturated heterocycles. The lowest BCUT2D eigenvalue weighted by Gasteiger charge is -2.02. The number of para-hydroxylation sites is 1. The van der Waals surface area contributed by atoms with Crippen LogP contribution in [0.5, 0.6) is 0 Å². The predicted molar refractivity (Wildman–Crippen MR) is 77.2 cm³/mol. The van der Waals surface area contributed by atoms with E-state index in [4.69, 9.17) is 0 Å². The Morgan fingerprint density at radius 1 is 1.05 bits per heavy atom.